The van der Waals surface area contributed by atoms with E-state index >= 15 is 0 Å². The van der Waals surface area contributed by atoms with Gasteiger partial charge in [-0.3, -0.25) is 19.3 Å². The Morgan fingerprint density at radius 2 is 1.48 bits per heavy atom. The van der Waals surface area contributed by atoms with Crippen LogP contribution in [0.1, 0.15) is 40.4 Å². The van der Waals surface area contributed by atoms with Crippen LogP contribution >= 0.6 is 0 Å². The third-order valence-electron chi connectivity index (χ3n) is 3.84. The number of rotatable bonds is 5. The van der Waals surface area contributed by atoms with Crippen LogP contribution in [0.15, 0.2) is 12.1 Å². The average molecular weight is 316 g/mol. The number of ketones is 1. The lowest BCUT2D eigenvalue weighted by Gasteiger charge is -2.16. The third kappa shape index (κ3) is 3.02. The zero-order valence-electron chi connectivity index (χ0n) is 13.8. The van der Waals surface area contributed by atoms with Crippen LogP contribution in [0.4, 0.5) is 4.79 Å². The van der Waals surface area contributed by atoms with Gasteiger partial charge in [-0.05, 0) is 38.3 Å². The molecule has 1 fully saturated rings. The van der Waals surface area contributed by atoms with Crippen molar-refractivity contribution in [3.05, 3.63) is 34.4 Å². The summed E-state index contributed by atoms with van der Waals surface area (Å²) >= 11 is 0. The number of carbonyl (C=O) groups excluding carboxylic acids is 4. The van der Waals surface area contributed by atoms with Crippen LogP contribution in [-0.4, -0.2) is 46.5 Å². The second-order valence-electron chi connectivity index (χ2n) is 5.83. The van der Waals surface area contributed by atoms with Gasteiger partial charge in [0.2, 0.25) is 0 Å². The van der Waals surface area contributed by atoms with Crippen LogP contribution in [0, 0.1) is 20.8 Å². The lowest BCUT2D eigenvalue weighted by molar-refractivity contribution is -0.143. The molecule has 0 bridgehead atoms. The number of hydrogen-bond donors (Lipinski definition) is 0. The number of hydrogen-bond acceptors (Lipinski definition) is 4. The molecule has 23 heavy (non-hydrogen) atoms. The Bertz CT molecular complexity index is 686. The first-order valence-electron chi connectivity index (χ1n) is 7.56. The lowest BCUT2D eigenvalue weighted by atomic mass is 9.96. The minimum absolute atomic E-state index is 0.177. The van der Waals surface area contributed by atoms with Crippen LogP contribution in [0.2, 0.25) is 0 Å². The molecule has 4 amide bonds. The lowest BCUT2D eigenvalue weighted by Crippen LogP contribution is -2.37. The minimum Gasteiger partial charge on any atom is -0.292 e. The molecule has 6 nitrogen and oxygen atoms in total. The number of amides is 4. The molecular formula is C17H20N2O4. The molecule has 1 aliphatic heterocycles. The average Bonchev–Trinajstić information content (AvgIpc) is 2.64. The minimum atomic E-state index is -0.931. The number of Topliss-reactive ketones (excluding diaryl/α,β-unsaturated/α-hetero) is 1. The van der Waals surface area contributed by atoms with Gasteiger partial charge in [0.1, 0.15) is 0 Å². The van der Waals surface area contributed by atoms with Gasteiger partial charge in [-0.25, -0.2) is 9.69 Å². The molecule has 0 N–H and O–H groups in total. The number of urea groups is 1. The van der Waals surface area contributed by atoms with Crippen molar-refractivity contribution >= 4 is 23.6 Å². The number of aryl methyl sites for hydroxylation is 3. The van der Waals surface area contributed by atoms with Gasteiger partial charge in [-0.1, -0.05) is 24.6 Å². The highest BCUT2D eigenvalue weighted by Crippen LogP contribution is 2.19. The molecule has 0 unspecified atom stereocenters. The molecule has 1 aromatic carbocycles. The fourth-order valence-electron chi connectivity index (χ4n) is 2.95. The van der Waals surface area contributed by atoms with Crippen molar-refractivity contribution in [3.8, 4) is 0 Å². The van der Waals surface area contributed by atoms with Crippen molar-refractivity contribution in [3.63, 3.8) is 0 Å². The van der Waals surface area contributed by atoms with Crippen molar-refractivity contribution < 1.29 is 19.2 Å². The van der Waals surface area contributed by atoms with Gasteiger partial charge >= 0.3 is 17.8 Å². The van der Waals surface area contributed by atoms with E-state index in [0.717, 1.165) is 26.5 Å². The second kappa shape index (κ2) is 6.32. The van der Waals surface area contributed by atoms with Crippen LogP contribution in [-0.2, 0) is 9.59 Å². The summed E-state index contributed by atoms with van der Waals surface area (Å²) in [5.74, 6) is -2.13. The smallest absolute Gasteiger partial charge is 0.292 e. The molecule has 0 spiro atoms. The van der Waals surface area contributed by atoms with E-state index in [9.17, 15) is 19.2 Å². The van der Waals surface area contributed by atoms with E-state index in [1.807, 2.05) is 32.9 Å². The first-order valence-corrected chi connectivity index (χ1v) is 7.56. The van der Waals surface area contributed by atoms with Crippen LogP contribution < -0.4 is 0 Å². The monoisotopic (exact) mass is 316 g/mol. The predicted octanol–water partition coefficient (Wildman–Crippen LogP) is 2.00. The van der Waals surface area contributed by atoms with Crippen molar-refractivity contribution in [1.82, 2.24) is 9.80 Å². The van der Waals surface area contributed by atoms with E-state index in [1.54, 1.807) is 6.92 Å². The molecule has 0 radical (unpaired) electrons. The van der Waals surface area contributed by atoms with E-state index in [1.165, 1.54) is 0 Å². The highest BCUT2D eigenvalue weighted by molar-refractivity contribution is 6.45. The normalized spacial score (nSPS) is 14.9. The Morgan fingerprint density at radius 3 is 2.00 bits per heavy atom. The van der Waals surface area contributed by atoms with Gasteiger partial charge in [0.25, 0.3) is 0 Å². The van der Waals surface area contributed by atoms with Gasteiger partial charge in [-0.2, -0.15) is 0 Å². The van der Waals surface area contributed by atoms with Gasteiger partial charge < -0.3 is 0 Å². The van der Waals surface area contributed by atoms with Gasteiger partial charge in [-0.15, -0.1) is 0 Å². The Kier molecular flexibility index (Phi) is 4.63. The Balaban J connectivity index is 2.26. The highest BCUT2D eigenvalue weighted by Gasteiger charge is 2.44. The number of benzene rings is 1. The van der Waals surface area contributed by atoms with E-state index in [0.29, 0.717) is 12.0 Å². The summed E-state index contributed by atoms with van der Waals surface area (Å²) in [6, 6.07) is 3.04. The summed E-state index contributed by atoms with van der Waals surface area (Å²) in [6.07, 6.45) is 0.558. The van der Waals surface area contributed by atoms with Gasteiger partial charge in [0.05, 0.1) is 6.54 Å². The zero-order chi connectivity index (χ0) is 17.3. The summed E-state index contributed by atoms with van der Waals surface area (Å²) in [5.41, 5.74) is 3.12. The number of nitrogens with zero attached hydrogens (tertiary/aromatic N) is 2. The van der Waals surface area contributed by atoms with Crippen LogP contribution in [0.25, 0.3) is 0 Å². The SMILES string of the molecule is CCCN1C(=O)C(=O)N(CC(=O)c2c(C)cc(C)cc2C)C1=O. The number of carbonyl (C=O) groups is 4. The molecule has 122 valence electrons. The highest BCUT2D eigenvalue weighted by atomic mass is 16.2. The summed E-state index contributed by atoms with van der Waals surface area (Å²) in [5, 5.41) is 0. The molecule has 0 saturated carbocycles. The van der Waals surface area contributed by atoms with Crippen molar-refractivity contribution in [1.29, 1.82) is 0 Å². The zero-order valence-corrected chi connectivity index (χ0v) is 13.8. The molecule has 6 heteroatoms. The van der Waals surface area contributed by atoms with Gasteiger partial charge in [0.15, 0.2) is 5.78 Å². The van der Waals surface area contributed by atoms with Crippen molar-refractivity contribution in [2.24, 2.45) is 0 Å². The maximum Gasteiger partial charge on any atom is 0.334 e. The molecule has 0 aromatic heterocycles. The molecule has 1 aliphatic rings. The fourth-order valence-corrected chi connectivity index (χ4v) is 2.95. The Hall–Kier alpha value is -2.50. The topological polar surface area (TPSA) is 74.8 Å². The van der Waals surface area contributed by atoms with E-state index < -0.39 is 24.4 Å². The summed E-state index contributed by atoms with van der Waals surface area (Å²) in [6.45, 7) is 7.14. The third-order valence-corrected chi connectivity index (χ3v) is 3.84. The van der Waals surface area contributed by atoms with E-state index in [2.05, 4.69) is 0 Å². The fraction of sp³-hybridized carbons (Fsp3) is 0.412. The first kappa shape index (κ1) is 16.9. The molecule has 1 saturated heterocycles. The molecule has 2 rings (SSSR count). The molecule has 0 atom stereocenters. The maximum absolute atomic E-state index is 12.5. The first-order chi connectivity index (χ1) is 10.8. The number of imide groups is 2. The van der Waals surface area contributed by atoms with Gasteiger partial charge in [0, 0.05) is 12.1 Å². The Morgan fingerprint density at radius 1 is 0.957 bits per heavy atom. The molecular weight excluding hydrogens is 296 g/mol. The van der Waals surface area contributed by atoms with Crippen LogP contribution in [0.5, 0.6) is 0 Å². The standard InChI is InChI=1S/C17H20N2O4/c1-5-6-18-15(21)16(22)19(17(18)23)9-13(20)14-11(3)7-10(2)8-12(14)4/h7-8H,5-6,9H2,1-4H3. The van der Waals surface area contributed by atoms with Crippen LogP contribution in [0.3, 0.4) is 0 Å². The predicted molar refractivity (Wildman–Crippen MR) is 84.1 cm³/mol. The second-order valence-corrected chi connectivity index (χ2v) is 5.83. The maximum atomic E-state index is 12.5. The largest absolute Gasteiger partial charge is 0.334 e. The van der Waals surface area contributed by atoms with Crippen molar-refractivity contribution in [2.75, 3.05) is 13.1 Å². The quantitative estimate of drug-likeness (QED) is 0.473. The Labute approximate surface area is 135 Å². The summed E-state index contributed by atoms with van der Waals surface area (Å²) in [7, 11) is 0. The molecule has 1 heterocycles. The molecule has 0 aliphatic carbocycles. The van der Waals surface area contributed by atoms with Crippen molar-refractivity contribution in [2.45, 2.75) is 34.1 Å². The molecule has 1 aromatic rings. The summed E-state index contributed by atoms with van der Waals surface area (Å²) < 4.78 is 0. The summed E-state index contributed by atoms with van der Waals surface area (Å²) in [4.78, 5) is 50.1. The van der Waals surface area contributed by atoms with E-state index in [4.69, 9.17) is 0 Å². The van der Waals surface area contributed by atoms with E-state index in [-0.39, 0.29) is 12.3 Å².